The Labute approximate surface area is 579 Å². The first-order chi connectivity index (χ1) is 45.6. The second kappa shape index (κ2) is 34.8. The molecule has 20 heteroatoms. The monoisotopic (exact) mass is 1390 g/mol. The van der Waals surface area contributed by atoms with E-state index in [4.69, 9.17) is 33.2 Å². The van der Waals surface area contributed by atoms with Crippen molar-refractivity contribution in [3.63, 3.8) is 0 Å². The molecule has 5 unspecified atom stereocenters. The molecule has 526 valence electrons. The molecular weight excluding hydrogens is 1300 g/mol. The lowest BCUT2D eigenvalue weighted by atomic mass is 9.94. The van der Waals surface area contributed by atoms with Crippen molar-refractivity contribution in [1.82, 2.24) is 0 Å². The summed E-state index contributed by atoms with van der Waals surface area (Å²) in [4.78, 5) is 27.2. The molecule has 0 spiro atoms. The highest BCUT2D eigenvalue weighted by atomic mass is 31.0. The third-order valence-electron chi connectivity index (χ3n) is 16.5. The molecule has 7 aromatic carbocycles. The summed E-state index contributed by atoms with van der Waals surface area (Å²) in [7, 11) is 0. The minimum Gasteiger partial charge on any atom is -0.494 e. The average molecular weight is 1390 g/mol. The number of carbonyl (C=O) groups excluding carboxylic acids is 2. The number of aryl methyl sites for hydroxylation is 3. The minimum atomic E-state index is -4.44. The van der Waals surface area contributed by atoms with Crippen molar-refractivity contribution in [1.29, 1.82) is 0 Å². The Morgan fingerprint density at radius 3 is 1.28 bits per heavy atom. The molecule has 12 nitrogen and oxygen atoms in total. The molecule has 0 radical (unpaired) electrons. The molecule has 0 aromatic heterocycles. The predicted octanol–water partition coefficient (Wildman–Crippen LogP) is 21.5. The summed E-state index contributed by atoms with van der Waals surface area (Å²) >= 11 is 0. The summed E-state index contributed by atoms with van der Waals surface area (Å²) < 4.78 is 118. The number of carbonyl (C=O) groups is 2. The number of anilines is 3. The fourth-order valence-electron chi connectivity index (χ4n) is 11.4. The molecule has 2 N–H and O–H groups in total. The molecular formula is C78H93F6N3O9P2. The van der Waals surface area contributed by atoms with Gasteiger partial charge in [-0.25, -0.2) is 9.59 Å². The fourth-order valence-corrected chi connectivity index (χ4v) is 11.4. The Kier molecular flexibility index (Phi) is 27.9. The molecule has 0 bridgehead atoms. The Morgan fingerprint density at radius 2 is 0.857 bits per heavy atom. The highest BCUT2D eigenvalue weighted by molar-refractivity contribution is 6.92. The second-order valence-electron chi connectivity index (χ2n) is 24.8. The summed E-state index contributed by atoms with van der Waals surface area (Å²) in [5.41, 5.74) is 8.41. The van der Waals surface area contributed by atoms with Crippen LogP contribution in [-0.4, -0.2) is 42.2 Å². The van der Waals surface area contributed by atoms with Crippen molar-refractivity contribution in [3.8, 4) is 28.7 Å². The number of nitrogens with zero attached hydrogens (tertiary/aromatic N) is 1. The smallest absolute Gasteiger partial charge is 0.416 e. The number of benzene rings is 7. The van der Waals surface area contributed by atoms with E-state index in [0.717, 1.165) is 147 Å². The molecule has 3 heterocycles. The van der Waals surface area contributed by atoms with Crippen LogP contribution < -0.4 is 39.2 Å². The summed E-state index contributed by atoms with van der Waals surface area (Å²) in [6.45, 7) is 24.1. The number of alkyl halides is 6. The Balaban J connectivity index is 0.000000235. The van der Waals surface area contributed by atoms with Crippen molar-refractivity contribution in [3.05, 3.63) is 218 Å². The zero-order valence-corrected chi connectivity index (χ0v) is 60.8. The zero-order valence-electron chi connectivity index (χ0n) is 58.0. The normalized spacial score (nSPS) is 16.9. The van der Waals surface area contributed by atoms with Gasteiger partial charge in [0.15, 0.2) is 0 Å². The molecule has 3 aliphatic rings. The number of amides is 2. The van der Waals surface area contributed by atoms with Gasteiger partial charge in [0.25, 0.3) is 0 Å². The van der Waals surface area contributed by atoms with Crippen LogP contribution in [0.25, 0.3) is 18.2 Å². The SMILES string of the molecule is CCCC1(C)C=Cc2cc(N(Cc3ccc(C(F)(F)F)cc3)C(=O)OCc3ccc(OCC)cc3)c(C)cc2O1.CCCC1(C)C=Cc2cc(NC(=O)OCc3ccc(OCC)cc3)c(C)cc2O1.CCCC1(C)C=Cc2cc(NCc3ccc(C(F)(F)F)cc3)c(C)cc2O1.P.P. The molecule has 3 aliphatic heterocycles. The lowest BCUT2D eigenvalue weighted by molar-refractivity contribution is -0.138. The van der Waals surface area contributed by atoms with Gasteiger partial charge in [-0.15, -0.1) is 0 Å². The van der Waals surface area contributed by atoms with Crippen molar-refractivity contribution < 1.29 is 69.1 Å². The quantitative estimate of drug-likeness (QED) is 0.0531. The minimum absolute atomic E-state index is 0. The maximum absolute atomic E-state index is 13.5. The van der Waals surface area contributed by atoms with E-state index >= 15 is 0 Å². The number of hydrogen-bond donors (Lipinski definition) is 2. The van der Waals surface area contributed by atoms with Crippen LogP contribution >= 0.6 is 19.8 Å². The molecule has 0 saturated heterocycles. The number of halogens is 6. The highest BCUT2D eigenvalue weighted by Gasteiger charge is 2.34. The van der Waals surface area contributed by atoms with Gasteiger partial charge in [-0.05, 0) is 217 Å². The lowest BCUT2D eigenvalue weighted by Gasteiger charge is -2.33. The number of fused-ring (bicyclic) bond motifs is 3. The molecule has 10 rings (SSSR count). The second-order valence-corrected chi connectivity index (χ2v) is 24.8. The summed E-state index contributed by atoms with van der Waals surface area (Å²) in [5.74, 6) is 3.95. The first-order valence-corrected chi connectivity index (χ1v) is 32.6. The lowest BCUT2D eigenvalue weighted by Crippen LogP contribution is -2.33. The van der Waals surface area contributed by atoms with Gasteiger partial charge in [-0.1, -0.05) is 107 Å². The predicted molar refractivity (Wildman–Crippen MR) is 390 cm³/mol. The molecule has 0 saturated carbocycles. The van der Waals surface area contributed by atoms with E-state index in [-0.39, 0.29) is 50.8 Å². The van der Waals surface area contributed by atoms with Crippen LogP contribution in [0.1, 0.15) is 161 Å². The van der Waals surface area contributed by atoms with Crippen molar-refractivity contribution >= 4 is 67.3 Å². The van der Waals surface area contributed by atoms with Gasteiger partial charge in [0.05, 0.1) is 36.6 Å². The van der Waals surface area contributed by atoms with Gasteiger partial charge in [-0.2, -0.15) is 46.1 Å². The largest absolute Gasteiger partial charge is 0.494 e. The van der Waals surface area contributed by atoms with E-state index in [0.29, 0.717) is 36.7 Å². The van der Waals surface area contributed by atoms with E-state index in [1.54, 1.807) is 12.1 Å². The Hall–Kier alpha value is -8.46. The molecule has 5 atom stereocenters. The van der Waals surface area contributed by atoms with E-state index in [1.807, 2.05) is 126 Å². The first-order valence-electron chi connectivity index (χ1n) is 32.6. The van der Waals surface area contributed by atoms with Crippen molar-refractivity contribution in [2.24, 2.45) is 0 Å². The van der Waals surface area contributed by atoms with Gasteiger partial charge in [0.1, 0.15) is 58.8 Å². The Morgan fingerprint density at radius 1 is 0.480 bits per heavy atom. The van der Waals surface area contributed by atoms with Gasteiger partial charge in [-0.3, -0.25) is 10.2 Å². The van der Waals surface area contributed by atoms with Crippen LogP contribution in [0, 0.1) is 20.8 Å². The molecule has 98 heavy (non-hydrogen) atoms. The van der Waals surface area contributed by atoms with Crippen LogP contribution in [0.3, 0.4) is 0 Å². The zero-order chi connectivity index (χ0) is 69.4. The van der Waals surface area contributed by atoms with Gasteiger partial charge in [0.2, 0.25) is 0 Å². The van der Waals surface area contributed by atoms with Crippen molar-refractivity contribution in [2.45, 2.75) is 170 Å². The topological polar surface area (TPSA) is 126 Å². The van der Waals surface area contributed by atoms with Crippen LogP contribution in [-0.2, 0) is 48.1 Å². The maximum Gasteiger partial charge on any atom is 0.416 e. The number of ether oxygens (including phenoxy) is 7. The van der Waals surface area contributed by atoms with Gasteiger partial charge < -0.3 is 38.5 Å². The van der Waals surface area contributed by atoms with Crippen LogP contribution in [0.2, 0.25) is 0 Å². The summed E-state index contributed by atoms with van der Waals surface area (Å²) in [6, 6.07) is 36.4. The first kappa shape index (κ1) is 78.5. The van der Waals surface area contributed by atoms with Crippen molar-refractivity contribution in [2.75, 3.05) is 28.7 Å². The molecule has 7 aromatic rings. The number of nitrogens with one attached hydrogen (secondary N) is 2. The van der Waals surface area contributed by atoms with Crippen LogP contribution in [0.5, 0.6) is 28.7 Å². The maximum atomic E-state index is 13.5. The molecule has 0 fully saturated rings. The van der Waals surface area contributed by atoms with E-state index in [1.165, 1.54) is 29.2 Å². The fraction of sp³-hybridized carbons (Fsp3) is 0.359. The standard InChI is InChI=1S/C32H34F3NO4.C24H29NO4.C22H24F3NO.2H3P/c1-5-16-31(4)17-15-25-19-28(22(3)18-29(25)40-31)36(20-23-7-11-26(12-8-23)32(33,34)35)30(37)39-21-24-9-13-27(14-10-24)38-6-2;1-5-12-24(4)13-11-19-15-21(17(3)14-22(19)29-24)25-23(26)28-16-18-7-9-20(10-8-18)27-6-2;1-4-10-21(3)11-9-17-13-19(15(2)12-20(17)27-21)26-14-16-5-7-18(8-6-16)22(23,24)25;;/h7-15,17-19H,5-6,16,20-21H2,1-4H3;7-11,13-15H,5-6,12,16H2,1-4H3,(H,25,26);5-9,11-13,26H,4,10,14H2,1-3H3;2*1H3. The third-order valence-corrected chi connectivity index (χ3v) is 16.5. The Bertz CT molecular complexity index is 3880. The van der Waals surface area contributed by atoms with Crippen LogP contribution in [0.4, 0.5) is 53.0 Å². The van der Waals surface area contributed by atoms with E-state index < -0.39 is 41.3 Å². The van der Waals surface area contributed by atoms with Crippen LogP contribution in [0.15, 0.2) is 152 Å². The van der Waals surface area contributed by atoms with E-state index in [9.17, 15) is 35.9 Å². The molecule has 0 aliphatic carbocycles. The summed E-state index contributed by atoms with van der Waals surface area (Å²) in [5, 5.41) is 6.15. The number of hydrogen-bond acceptors (Lipinski definition) is 10. The molecule has 2 amide bonds. The average Bonchev–Trinajstić information content (AvgIpc) is 0.805. The third kappa shape index (κ3) is 21.8. The summed E-state index contributed by atoms with van der Waals surface area (Å²) in [6.07, 6.45) is 8.30. The highest BCUT2D eigenvalue weighted by Crippen LogP contribution is 2.41. The number of rotatable bonds is 21. The van der Waals surface area contributed by atoms with Gasteiger partial charge >= 0.3 is 24.5 Å². The van der Waals surface area contributed by atoms with E-state index in [2.05, 4.69) is 69.6 Å². The van der Waals surface area contributed by atoms with Gasteiger partial charge in [0, 0.05) is 34.6 Å².